The summed E-state index contributed by atoms with van der Waals surface area (Å²) >= 11 is 1.13. The lowest BCUT2D eigenvalue weighted by Crippen LogP contribution is -2.13. The number of nitrogens with zero attached hydrogens (tertiary/aromatic N) is 4. The maximum absolute atomic E-state index is 12.1. The van der Waals surface area contributed by atoms with Gasteiger partial charge in [-0.2, -0.15) is 0 Å². The normalized spacial score (nSPS) is 10.8. The molecule has 0 aliphatic heterocycles. The number of hydrogen-bond donors (Lipinski definition) is 1. The van der Waals surface area contributed by atoms with E-state index in [9.17, 15) is 4.79 Å². The molecule has 0 aliphatic carbocycles. The summed E-state index contributed by atoms with van der Waals surface area (Å²) in [5, 5.41) is 14.8. The minimum atomic E-state index is -0.266. The lowest BCUT2D eigenvalue weighted by molar-refractivity contribution is -0.113. The number of nitrogens with one attached hydrogen (secondary N) is 1. The van der Waals surface area contributed by atoms with Crippen LogP contribution < -0.4 is 5.32 Å². The highest BCUT2D eigenvalue weighted by Crippen LogP contribution is 2.24. The molecule has 28 heavy (non-hydrogen) atoms. The van der Waals surface area contributed by atoms with Gasteiger partial charge in [-0.25, -0.2) is 0 Å². The van der Waals surface area contributed by atoms with Gasteiger partial charge in [-0.1, -0.05) is 46.7 Å². The van der Waals surface area contributed by atoms with Crippen molar-refractivity contribution in [2.45, 2.75) is 12.1 Å². The molecule has 0 spiro atoms. The lowest BCUT2D eigenvalue weighted by atomic mass is 10.1. The SMILES string of the molecule is Cc1ccc(-c2cc(NC(=O)CSc3nnc(-c4cccnc4)o3)on2)cc1. The summed E-state index contributed by atoms with van der Waals surface area (Å²) < 4.78 is 10.7. The zero-order chi connectivity index (χ0) is 19.3. The van der Waals surface area contributed by atoms with E-state index >= 15 is 0 Å². The fourth-order valence-corrected chi connectivity index (χ4v) is 2.93. The molecule has 140 valence electrons. The van der Waals surface area contributed by atoms with Crippen molar-refractivity contribution < 1.29 is 13.7 Å². The van der Waals surface area contributed by atoms with Gasteiger partial charge in [0.2, 0.25) is 17.7 Å². The largest absolute Gasteiger partial charge is 0.411 e. The number of aromatic nitrogens is 4. The van der Waals surface area contributed by atoms with Crippen LogP contribution in [0.5, 0.6) is 0 Å². The van der Waals surface area contributed by atoms with Gasteiger partial charge in [-0.05, 0) is 19.1 Å². The third-order valence-electron chi connectivity index (χ3n) is 3.76. The number of rotatable bonds is 6. The fraction of sp³-hybridized carbons (Fsp3) is 0.105. The van der Waals surface area contributed by atoms with E-state index in [0.29, 0.717) is 16.8 Å². The molecule has 0 fully saturated rings. The molecule has 1 amide bonds. The highest BCUT2D eigenvalue weighted by Gasteiger charge is 2.13. The van der Waals surface area contributed by atoms with Gasteiger partial charge in [0.1, 0.15) is 5.69 Å². The molecule has 9 heteroatoms. The number of benzene rings is 1. The number of aryl methyl sites for hydroxylation is 1. The molecule has 0 radical (unpaired) electrons. The highest BCUT2D eigenvalue weighted by atomic mass is 32.2. The number of amides is 1. The quantitative estimate of drug-likeness (QED) is 0.493. The molecule has 0 bridgehead atoms. The highest BCUT2D eigenvalue weighted by molar-refractivity contribution is 7.99. The number of anilines is 1. The molecular weight excluding hydrogens is 378 g/mol. The van der Waals surface area contributed by atoms with Crippen LogP contribution in [-0.4, -0.2) is 32.0 Å². The van der Waals surface area contributed by atoms with Crippen LogP contribution in [0.4, 0.5) is 5.88 Å². The second-order valence-electron chi connectivity index (χ2n) is 5.89. The summed E-state index contributed by atoms with van der Waals surface area (Å²) in [6, 6.07) is 13.2. The van der Waals surface area contributed by atoms with Crippen molar-refractivity contribution in [3.05, 3.63) is 60.4 Å². The smallest absolute Gasteiger partial charge is 0.277 e. The Labute approximate surface area is 164 Å². The van der Waals surface area contributed by atoms with Crippen LogP contribution in [0.3, 0.4) is 0 Å². The van der Waals surface area contributed by atoms with Gasteiger partial charge in [0.05, 0.1) is 11.3 Å². The number of carbonyl (C=O) groups excluding carboxylic acids is 1. The van der Waals surface area contributed by atoms with Gasteiger partial charge in [-0.15, -0.1) is 10.2 Å². The Morgan fingerprint density at radius 2 is 2.00 bits per heavy atom. The minimum absolute atomic E-state index is 0.0925. The number of thioether (sulfide) groups is 1. The summed E-state index contributed by atoms with van der Waals surface area (Å²) in [5.74, 6) is 0.462. The van der Waals surface area contributed by atoms with Gasteiger partial charge in [0, 0.05) is 24.0 Å². The molecule has 1 aromatic carbocycles. The molecule has 0 atom stereocenters. The van der Waals surface area contributed by atoms with Crippen LogP contribution in [0.15, 0.2) is 69.0 Å². The van der Waals surface area contributed by atoms with Gasteiger partial charge in [-0.3, -0.25) is 15.1 Å². The van der Waals surface area contributed by atoms with Gasteiger partial charge < -0.3 is 8.94 Å². The van der Waals surface area contributed by atoms with Crippen molar-refractivity contribution in [1.82, 2.24) is 20.3 Å². The first-order chi connectivity index (χ1) is 13.7. The maximum Gasteiger partial charge on any atom is 0.277 e. The monoisotopic (exact) mass is 393 g/mol. The predicted octanol–water partition coefficient (Wildman–Crippen LogP) is 3.83. The van der Waals surface area contributed by atoms with Crippen LogP contribution >= 0.6 is 11.8 Å². The van der Waals surface area contributed by atoms with Crippen LogP contribution in [0.25, 0.3) is 22.7 Å². The Kier molecular flexibility index (Phi) is 5.16. The van der Waals surface area contributed by atoms with Crippen molar-refractivity contribution >= 4 is 23.6 Å². The third kappa shape index (κ3) is 4.26. The van der Waals surface area contributed by atoms with E-state index in [4.69, 9.17) is 8.94 Å². The molecular formula is C19H15N5O3S. The molecule has 0 saturated heterocycles. The standard InChI is InChI=1S/C19H15N5O3S/c1-12-4-6-13(7-5-12)15-9-17(27-24-15)21-16(25)11-28-19-23-22-18(26-19)14-3-2-8-20-10-14/h2-10H,11H2,1H3,(H,21,25). The van der Waals surface area contributed by atoms with E-state index in [2.05, 4.69) is 25.7 Å². The molecule has 3 heterocycles. The summed E-state index contributed by atoms with van der Waals surface area (Å²) in [4.78, 5) is 16.1. The first-order valence-corrected chi connectivity index (χ1v) is 9.36. The molecule has 1 N–H and O–H groups in total. The Morgan fingerprint density at radius 3 is 2.79 bits per heavy atom. The summed E-state index contributed by atoms with van der Waals surface area (Å²) in [6.07, 6.45) is 3.29. The van der Waals surface area contributed by atoms with E-state index < -0.39 is 0 Å². The Hall–Kier alpha value is -3.46. The fourth-order valence-electron chi connectivity index (χ4n) is 2.37. The average molecular weight is 393 g/mol. The van der Waals surface area contributed by atoms with Crippen molar-refractivity contribution in [3.8, 4) is 22.7 Å². The van der Waals surface area contributed by atoms with Crippen LogP contribution in [0, 0.1) is 6.92 Å². The van der Waals surface area contributed by atoms with E-state index in [1.54, 1.807) is 24.5 Å². The zero-order valence-electron chi connectivity index (χ0n) is 14.8. The number of pyridine rings is 1. The Morgan fingerprint density at radius 1 is 1.14 bits per heavy atom. The molecule has 4 rings (SSSR count). The molecule has 0 saturated carbocycles. The van der Waals surface area contributed by atoms with Gasteiger partial charge in [0.25, 0.3) is 5.22 Å². The summed E-state index contributed by atoms with van der Waals surface area (Å²) in [7, 11) is 0. The Balaban J connectivity index is 1.33. The average Bonchev–Trinajstić information content (AvgIpc) is 3.37. The van der Waals surface area contributed by atoms with Crippen LogP contribution in [0.1, 0.15) is 5.56 Å². The first kappa shape index (κ1) is 17.9. The maximum atomic E-state index is 12.1. The topological polar surface area (TPSA) is 107 Å². The molecule has 0 aliphatic rings. The second-order valence-corrected chi connectivity index (χ2v) is 6.82. The van der Waals surface area contributed by atoms with E-state index in [0.717, 1.165) is 28.5 Å². The van der Waals surface area contributed by atoms with Crippen LogP contribution in [0.2, 0.25) is 0 Å². The Bertz CT molecular complexity index is 1080. The van der Waals surface area contributed by atoms with Gasteiger partial charge in [0.15, 0.2) is 0 Å². The first-order valence-electron chi connectivity index (χ1n) is 8.38. The van der Waals surface area contributed by atoms with Crippen molar-refractivity contribution in [2.75, 3.05) is 11.1 Å². The molecule has 3 aromatic heterocycles. The molecule has 8 nitrogen and oxygen atoms in total. The van der Waals surface area contributed by atoms with Crippen molar-refractivity contribution in [2.24, 2.45) is 0 Å². The lowest BCUT2D eigenvalue weighted by Gasteiger charge is -1.98. The van der Waals surface area contributed by atoms with Crippen LogP contribution in [-0.2, 0) is 4.79 Å². The minimum Gasteiger partial charge on any atom is -0.411 e. The van der Waals surface area contributed by atoms with E-state index in [1.807, 2.05) is 37.3 Å². The van der Waals surface area contributed by atoms with Crippen molar-refractivity contribution in [1.29, 1.82) is 0 Å². The third-order valence-corrected chi connectivity index (χ3v) is 4.58. The molecule has 0 unspecified atom stereocenters. The predicted molar refractivity (Wildman–Crippen MR) is 104 cm³/mol. The summed E-state index contributed by atoms with van der Waals surface area (Å²) in [5.41, 5.74) is 3.45. The van der Waals surface area contributed by atoms with E-state index in [1.165, 1.54) is 0 Å². The van der Waals surface area contributed by atoms with E-state index in [-0.39, 0.29) is 17.5 Å². The van der Waals surface area contributed by atoms with Crippen molar-refractivity contribution in [3.63, 3.8) is 0 Å². The van der Waals surface area contributed by atoms with Gasteiger partial charge >= 0.3 is 0 Å². The number of carbonyl (C=O) groups is 1. The molecule has 4 aromatic rings. The summed E-state index contributed by atoms with van der Waals surface area (Å²) in [6.45, 7) is 2.01. The second kappa shape index (κ2) is 8.05. The number of hydrogen-bond acceptors (Lipinski definition) is 8. The zero-order valence-corrected chi connectivity index (χ0v) is 15.6.